The van der Waals surface area contributed by atoms with Gasteiger partial charge in [0, 0.05) is 17.8 Å². The number of benzene rings is 2. The van der Waals surface area contributed by atoms with Gasteiger partial charge < -0.3 is 15.5 Å². The van der Waals surface area contributed by atoms with E-state index >= 15 is 0 Å². The molecule has 21 heavy (non-hydrogen) atoms. The Hall–Kier alpha value is -2.74. The molecule has 0 aliphatic heterocycles. The average molecular weight is 308 g/mol. The minimum absolute atomic E-state index is 0.0772. The van der Waals surface area contributed by atoms with Crippen molar-refractivity contribution < 1.29 is 19.5 Å². The first-order valence-corrected chi connectivity index (χ1v) is 6.06. The summed E-state index contributed by atoms with van der Waals surface area (Å²) < 4.78 is 13.2. The molecule has 8 heteroatoms. The summed E-state index contributed by atoms with van der Waals surface area (Å²) >= 11 is 5.06. The van der Waals surface area contributed by atoms with Crippen molar-refractivity contribution >= 4 is 28.6 Å². The number of nitro groups is 1. The highest BCUT2D eigenvalue weighted by Crippen LogP contribution is 2.26. The normalized spacial score (nSPS) is 10.1. The second kappa shape index (κ2) is 5.71. The van der Waals surface area contributed by atoms with Gasteiger partial charge in [-0.3, -0.25) is 10.1 Å². The Kier molecular flexibility index (Phi) is 3.99. The Morgan fingerprint density at radius 1 is 1.24 bits per heavy atom. The lowest BCUT2D eigenvalue weighted by Crippen LogP contribution is -2.11. The van der Waals surface area contributed by atoms with Crippen molar-refractivity contribution in [1.82, 2.24) is 0 Å². The molecule has 0 heterocycles. The van der Waals surface area contributed by atoms with Crippen LogP contribution in [0.25, 0.3) is 0 Å². The van der Waals surface area contributed by atoms with Gasteiger partial charge in [-0.1, -0.05) is 12.2 Å². The summed E-state index contributed by atoms with van der Waals surface area (Å²) in [6.07, 6.45) is 0. The Balaban J connectivity index is 2.27. The SMILES string of the molecule is O=[N+]([O-])c1cc(NC(=S)c2ccc(O)cc2O)ccc1F. The van der Waals surface area contributed by atoms with Crippen LogP contribution in [0.3, 0.4) is 0 Å². The monoisotopic (exact) mass is 308 g/mol. The predicted molar refractivity (Wildman–Crippen MR) is 78.1 cm³/mol. The molecule has 0 radical (unpaired) electrons. The van der Waals surface area contributed by atoms with E-state index in [9.17, 15) is 24.7 Å². The van der Waals surface area contributed by atoms with Crippen molar-refractivity contribution in [3.63, 3.8) is 0 Å². The molecule has 0 aliphatic carbocycles. The number of phenolic OH excluding ortho intramolecular Hbond substituents is 2. The summed E-state index contributed by atoms with van der Waals surface area (Å²) in [4.78, 5) is 9.89. The van der Waals surface area contributed by atoms with E-state index in [2.05, 4.69) is 5.32 Å². The number of rotatable bonds is 3. The number of halogens is 1. The molecule has 0 aromatic heterocycles. The molecule has 0 amide bonds. The van der Waals surface area contributed by atoms with E-state index in [1.807, 2.05) is 0 Å². The fourth-order valence-corrected chi connectivity index (χ4v) is 1.93. The lowest BCUT2D eigenvalue weighted by atomic mass is 10.2. The molecule has 0 unspecified atom stereocenters. The largest absolute Gasteiger partial charge is 0.508 e. The third-order valence-corrected chi connectivity index (χ3v) is 2.95. The van der Waals surface area contributed by atoms with Crippen LogP contribution < -0.4 is 5.32 Å². The van der Waals surface area contributed by atoms with Gasteiger partial charge in [0.05, 0.1) is 10.5 Å². The van der Waals surface area contributed by atoms with Crippen LogP contribution in [0.15, 0.2) is 36.4 Å². The smallest absolute Gasteiger partial charge is 0.306 e. The maximum Gasteiger partial charge on any atom is 0.306 e. The molecule has 6 nitrogen and oxygen atoms in total. The first-order valence-electron chi connectivity index (χ1n) is 5.66. The molecule has 0 aliphatic rings. The number of hydrogen-bond donors (Lipinski definition) is 3. The zero-order valence-corrected chi connectivity index (χ0v) is 11.2. The van der Waals surface area contributed by atoms with E-state index in [0.717, 1.165) is 18.2 Å². The molecule has 0 saturated carbocycles. The van der Waals surface area contributed by atoms with E-state index in [-0.39, 0.29) is 27.7 Å². The summed E-state index contributed by atoms with van der Waals surface area (Å²) in [6.45, 7) is 0. The van der Waals surface area contributed by atoms with Crippen LogP contribution in [-0.2, 0) is 0 Å². The Labute approximate surface area is 123 Å². The third-order valence-electron chi connectivity index (χ3n) is 2.63. The number of hydrogen-bond acceptors (Lipinski definition) is 5. The molecule has 3 N–H and O–H groups in total. The number of phenols is 2. The van der Waals surface area contributed by atoms with Crippen molar-refractivity contribution in [1.29, 1.82) is 0 Å². The lowest BCUT2D eigenvalue weighted by molar-refractivity contribution is -0.387. The number of nitrogens with zero attached hydrogens (tertiary/aromatic N) is 1. The highest BCUT2D eigenvalue weighted by Gasteiger charge is 2.15. The molecule has 0 bridgehead atoms. The van der Waals surface area contributed by atoms with Crippen LogP contribution >= 0.6 is 12.2 Å². The molecular weight excluding hydrogens is 299 g/mol. The summed E-state index contributed by atoms with van der Waals surface area (Å²) in [5.41, 5.74) is -0.243. The zero-order valence-electron chi connectivity index (χ0n) is 10.4. The van der Waals surface area contributed by atoms with Crippen LogP contribution in [0.2, 0.25) is 0 Å². The third kappa shape index (κ3) is 3.23. The predicted octanol–water partition coefficient (Wildman–Crippen LogP) is 2.93. The molecule has 0 spiro atoms. The van der Waals surface area contributed by atoms with E-state index in [1.165, 1.54) is 18.2 Å². The van der Waals surface area contributed by atoms with Gasteiger partial charge >= 0.3 is 5.69 Å². The zero-order chi connectivity index (χ0) is 15.6. The van der Waals surface area contributed by atoms with Gasteiger partial charge in [-0.05, 0) is 24.3 Å². The van der Waals surface area contributed by atoms with Crippen molar-refractivity contribution in [3.05, 3.63) is 57.9 Å². The quantitative estimate of drug-likeness (QED) is 0.458. The van der Waals surface area contributed by atoms with Crippen molar-refractivity contribution in [2.45, 2.75) is 0 Å². The highest BCUT2D eigenvalue weighted by atomic mass is 32.1. The highest BCUT2D eigenvalue weighted by molar-refractivity contribution is 7.81. The Morgan fingerprint density at radius 2 is 1.95 bits per heavy atom. The molecule has 108 valence electrons. The first-order chi connectivity index (χ1) is 9.88. The van der Waals surface area contributed by atoms with Crippen molar-refractivity contribution in [2.24, 2.45) is 0 Å². The van der Waals surface area contributed by atoms with E-state index in [0.29, 0.717) is 0 Å². The molecule has 2 aromatic rings. The minimum Gasteiger partial charge on any atom is -0.508 e. The second-order valence-corrected chi connectivity index (χ2v) is 4.49. The summed E-state index contributed by atoms with van der Waals surface area (Å²) in [5.74, 6) is -1.33. The Morgan fingerprint density at radius 3 is 2.57 bits per heavy atom. The maximum absolute atomic E-state index is 13.2. The fraction of sp³-hybridized carbons (Fsp3) is 0. The average Bonchev–Trinajstić information content (AvgIpc) is 2.40. The number of nitrogens with one attached hydrogen (secondary N) is 1. The van der Waals surface area contributed by atoms with Crippen LogP contribution in [-0.4, -0.2) is 20.1 Å². The molecule has 0 atom stereocenters. The minimum atomic E-state index is -0.955. The molecular formula is C13H9FN2O4S. The van der Waals surface area contributed by atoms with Gasteiger partial charge in [0.15, 0.2) is 0 Å². The van der Waals surface area contributed by atoms with Crippen molar-refractivity contribution in [3.8, 4) is 11.5 Å². The van der Waals surface area contributed by atoms with E-state index in [1.54, 1.807) is 0 Å². The van der Waals surface area contributed by atoms with Gasteiger partial charge in [0.25, 0.3) is 0 Å². The second-order valence-electron chi connectivity index (χ2n) is 4.08. The van der Waals surface area contributed by atoms with Gasteiger partial charge in [0.2, 0.25) is 5.82 Å². The van der Waals surface area contributed by atoms with Crippen LogP contribution in [0.1, 0.15) is 5.56 Å². The van der Waals surface area contributed by atoms with Crippen LogP contribution in [0.5, 0.6) is 11.5 Å². The van der Waals surface area contributed by atoms with Gasteiger partial charge in [-0.2, -0.15) is 4.39 Å². The topological polar surface area (TPSA) is 95.6 Å². The molecule has 0 saturated heterocycles. The maximum atomic E-state index is 13.2. The van der Waals surface area contributed by atoms with Crippen molar-refractivity contribution in [2.75, 3.05) is 5.32 Å². The fourth-order valence-electron chi connectivity index (χ4n) is 1.64. The molecule has 2 rings (SSSR count). The molecule has 0 fully saturated rings. The summed E-state index contributed by atoms with van der Waals surface area (Å²) in [5, 5.41) is 32.2. The van der Waals surface area contributed by atoms with Gasteiger partial charge in [-0.25, -0.2) is 0 Å². The lowest BCUT2D eigenvalue weighted by Gasteiger charge is -2.10. The molecule has 2 aromatic carbocycles. The van der Waals surface area contributed by atoms with Crippen LogP contribution in [0, 0.1) is 15.9 Å². The number of aromatic hydroxyl groups is 2. The van der Waals surface area contributed by atoms with Gasteiger partial charge in [0.1, 0.15) is 16.5 Å². The summed E-state index contributed by atoms with van der Waals surface area (Å²) in [6, 6.07) is 7.05. The van der Waals surface area contributed by atoms with E-state index in [4.69, 9.17) is 12.2 Å². The number of nitro benzene ring substituents is 1. The number of anilines is 1. The Bertz CT molecular complexity index is 736. The van der Waals surface area contributed by atoms with Crippen LogP contribution in [0.4, 0.5) is 15.8 Å². The standard InChI is InChI=1S/C13H9FN2O4S/c14-10-4-1-7(5-11(10)16(19)20)15-13(21)9-3-2-8(17)6-12(9)18/h1-6,17-18H,(H,15,21). The van der Waals surface area contributed by atoms with E-state index < -0.39 is 16.4 Å². The summed E-state index contributed by atoms with van der Waals surface area (Å²) in [7, 11) is 0. The number of thiocarbonyl (C=S) groups is 1. The first kappa shape index (κ1) is 14.7. The van der Waals surface area contributed by atoms with Gasteiger partial charge in [-0.15, -0.1) is 0 Å².